The number of anilines is 3. The van der Waals surface area contributed by atoms with E-state index in [0.717, 1.165) is 61.9 Å². The van der Waals surface area contributed by atoms with E-state index in [1.807, 2.05) is 0 Å². The molecule has 0 bridgehead atoms. The van der Waals surface area contributed by atoms with Crippen molar-refractivity contribution in [3.63, 3.8) is 0 Å². The van der Waals surface area contributed by atoms with Gasteiger partial charge in [0.1, 0.15) is 5.75 Å². The Balaban J connectivity index is 1.18. The summed E-state index contributed by atoms with van der Waals surface area (Å²) in [5.74, 6) is 1.66. The predicted octanol–water partition coefficient (Wildman–Crippen LogP) is 16.0. The van der Waals surface area contributed by atoms with E-state index in [4.69, 9.17) is 4.74 Å². The van der Waals surface area contributed by atoms with Gasteiger partial charge in [0.15, 0.2) is 5.75 Å². The first-order valence-corrected chi connectivity index (χ1v) is 20.5. The first-order chi connectivity index (χ1) is 29.0. The molecule has 0 spiro atoms. The number of rotatable bonds is 4. The topological polar surface area (TPSA) is 12.5 Å². The molecule has 1 aliphatic carbocycles. The van der Waals surface area contributed by atoms with Crippen LogP contribution in [0.2, 0.25) is 0 Å². The van der Waals surface area contributed by atoms with Gasteiger partial charge < -0.3 is 9.64 Å². The highest BCUT2D eigenvalue weighted by molar-refractivity contribution is 6.15. The molecule has 12 rings (SSSR count). The molecule has 0 radical (unpaired) electrons. The van der Waals surface area contributed by atoms with Gasteiger partial charge in [-0.15, -0.1) is 0 Å². The van der Waals surface area contributed by atoms with E-state index < -0.39 is 0 Å². The van der Waals surface area contributed by atoms with Gasteiger partial charge in [0.05, 0.1) is 11.4 Å². The van der Waals surface area contributed by atoms with E-state index in [1.54, 1.807) is 0 Å². The lowest BCUT2D eigenvalue weighted by atomic mass is 9.82. The monoisotopic (exact) mass is 753 g/mol. The van der Waals surface area contributed by atoms with Gasteiger partial charge in [-0.2, -0.15) is 0 Å². The van der Waals surface area contributed by atoms with Crippen molar-refractivity contribution in [3.8, 4) is 56.0 Å². The van der Waals surface area contributed by atoms with Gasteiger partial charge in [0.2, 0.25) is 0 Å². The van der Waals surface area contributed by atoms with Crippen LogP contribution in [0.25, 0.3) is 76.8 Å². The molecular weight excluding hydrogens is 715 g/mol. The summed E-state index contributed by atoms with van der Waals surface area (Å²) in [7, 11) is 0. The number of hydrogen-bond acceptors (Lipinski definition) is 2. The molecule has 1 heterocycles. The average Bonchev–Trinajstić information content (AvgIpc) is 3.41. The van der Waals surface area contributed by atoms with Crippen LogP contribution >= 0.6 is 0 Å². The van der Waals surface area contributed by atoms with Crippen molar-refractivity contribution in [2.75, 3.05) is 4.90 Å². The van der Waals surface area contributed by atoms with Crippen LogP contribution < -0.4 is 9.64 Å². The third-order valence-corrected chi connectivity index (χ3v) is 12.8. The smallest absolute Gasteiger partial charge is 0.159 e. The van der Waals surface area contributed by atoms with Crippen LogP contribution in [0.4, 0.5) is 17.1 Å². The largest absolute Gasteiger partial charge is 0.454 e. The molecule has 1 aliphatic heterocycles. The molecule has 2 aliphatic rings. The maximum Gasteiger partial charge on any atom is 0.159 e. The minimum Gasteiger partial charge on any atom is -0.454 e. The quantitative estimate of drug-likeness (QED) is 0.166. The van der Waals surface area contributed by atoms with Crippen molar-refractivity contribution in [1.82, 2.24) is 0 Å². The number of para-hydroxylation sites is 1. The summed E-state index contributed by atoms with van der Waals surface area (Å²) < 4.78 is 7.47. The summed E-state index contributed by atoms with van der Waals surface area (Å²) >= 11 is 0. The minimum atomic E-state index is -0.171. The molecule has 0 aromatic heterocycles. The molecule has 2 heteroatoms. The molecule has 0 saturated carbocycles. The fourth-order valence-electron chi connectivity index (χ4n) is 10.0. The molecule has 0 unspecified atom stereocenters. The van der Waals surface area contributed by atoms with E-state index in [1.165, 1.54) is 54.6 Å². The van der Waals surface area contributed by atoms with Crippen LogP contribution in [0.15, 0.2) is 200 Å². The third-order valence-electron chi connectivity index (χ3n) is 12.8. The second-order valence-corrected chi connectivity index (χ2v) is 16.4. The molecule has 0 atom stereocenters. The maximum absolute atomic E-state index is 7.47. The second kappa shape index (κ2) is 12.8. The molecule has 10 aromatic rings. The molecule has 0 saturated heterocycles. The van der Waals surface area contributed by atoms with Crippen LogP contribution in [0, 0.1) is 0 Å². The van der Waals surface area contributed by atoms with Gasteiger partial charge in [0, 0.05) is 27.6 Å². The molecule has 59 heavy (non-hydrogen) atoms. The van der Waals surface area contributed by atoms with Gasteiger partial charge in [-0.1, -0.05) is 172 Å². The number of benzene rings is 10. The Morgan fingerprint density at radius 2 is 1.02 bits per heavy atom. The normalized spacial score (nSPS) is 13.2. The van der Waals surface area contributed by atoms with Crippen molar-refractivity contribution >= 4 is 49.4 Å². The summed E-state index contributed by atoms with van der Waals surface area (Å²) in [4.78, 5) is 2.46. The SMILES string of the molecule is CC1(C)c2ccccc2-c2ccc(N(c3cccc4c3Oc3cccc(-c5ccccc5)c3-c3cc5ccccc5cc3-4)c3cc4ccccc4c4ccccc34)cc21. The summed E-state index contributed by atoms with van der Waals surface area (Å²) in [5, 5.41) is 7.23. The molecule has 10 aromatic carbocycles. The minimum absolute atomic E-state index is 0.171. The number of fused-ring (bicyclic) bond motifs is 12. The highest BCUT2D eigenvalue weighted by Crippen LogP contribution is 2.57. The standard InChI is InChI=1S/C57H39NO/c1-57(2)50-27-13-12-23-44(50)45-31-30-40(35-51(45)57)58(53-34-39-20-8-9-21-41(39)43-22-10-11-24-46(43)53)52-28-14-26-47-48-32-37-18-6-7-19-38(37)33-49(48)55-42(36-16-4-3-5-17-36)25-15-29-54(55)59-56(47)52/h3-35H,1-2H3. The highest BCUT2D eigenvalue weighted by atomic mass is 16.5. The maximum atomic E-state index is 7.47. The fraction of sp³-hybridized carbons (Fsp3) is 0.0526. The van der Waals surface area contributed by atoms with Crippen molar-refractivity contribution in [1.29, 1.82) is 0 Å². The Bertz CT molecular complexity index is 3340. The Kier molecular flexibility index (Phi) is 7.31. The van der Waals surface area contributed by atoms with E-state index >= 15 is 0 Å². The summed E-state index contributed by atoms with van der Waals surface area (Å²) in [5.41, 5.74) is 15.1. The number of nitrogens with zero attached hydrogens (tertiary/aromatic N) is 1. The second-order valence-electron chi connectivity index (χ2n) is 16.4. The zero-order valence-corrected chi connectivity index (χ0v) is 32.9. The van der Waals surface area contributed by atoms with Gasteiger partial charge in [-0.3, -0.25) is 0 Å². The Labute approximate surface area is 344 Å². The van der Waals surface area contributed by atoms with Crippen LogP contribution in [-0.2, 0) is 5.41 Å². The van der Waals surface area contributed by atoms with Crippen molar-refractivity contribution < 1.29 is 4.74 Å². The summed E-state index contributed by atoms with van der Waals surface area (Å²) in [6, 6.07) is 73.2. The lowest BCUT2D eigenvalue weighted by molar-refractivity contribution is 0.489. The van der Waals surface area contributed by atoms with Gasteiger partial charge >= 0.3 is 0 Å². The first kappa shape index (κ1) is 33.7. The first-order valence-electron chi connectivity index (χ1n) is 20.5. The van der Waals surface area contributed by atoms with Gasteiger partial charge in [0.25, 0.3) is 0 Å². The Morgan fingerprint density at radius 1 is 0.390 bits per heavy atom. The zero-order chi connectivity index (χ0) is 39.2. The van der Waals surface area contributed by atoms with Crippen molar-refractivity contribution in [3.05, 3.63) is 211 Å². The van der Waals surface area contributed by atoms with Crippen molar-refractivity contribution in [2.45, 2.75) is 19.3 Å². The average molecular weight is 754 g/mol. The Hall–Kier alpha value is -7.42. The highest BCUT2D eigenvalue weighted by Gasteiger charge is 2.36. The van der Waals surface area contributed by atoms with Crippen LogP contribution in [-0.4, -0.2) is 0 Å². The van der Waals surface area contributed by atoms with Gasteiger partial charge in [-0.05, 0) is 114 Å². The Morgan fingerprint density at radius 3 is 1.85 bits per heavy atom. The fourth-order valence-corrected chi connectivity index (χ4v) is 10.0. The van der Waals surface area contributed by atoms with Crippen molar-refractivity contribution in [2.24, 2.45) is 0 Å². The van der Waals surface area contributed by atoms with Crippen LogP contribution in [0.5, 0.6) is 11.5 Å². The predicted molar refractivity (Wildman–Crippen MR) is 248 cm³/mol. The lowest BCUT2D eigenvalue weighted by Crippen LogP contribution is -2.17. The number of hydrogen-bond donors (Lipinski definition) is 0. The number of ether oxygens (including phenoxy) is 1. The third kappa shape index (κ3) is 5.06. The van der Waals surface area contributed by atoms with Crippen LogP contribution in [0.1, 0.15) is 25.0 Å². The van der Waals surface area contributed by atoms with Crippen LogP contribution in [0.3, 0.4) is 0 Å². The van der Waals surface area contributed by atoms with E-state index in [-0.39, 0.29) is 5.41 Å². The molecule has 2 nitrogen and oxygen atoms in total. The lowest BCUT2D eigenvalue weighted by Gasteiger charge is -2.31. The van der Waals surface area contributed by atoms with E-state index in [2.05, 4.69) is 219 Å². The summed E-state index contributed by atoms with van der Waals surface area (Å²) in [6.07, 6.45) is 0. The van der Waals surface area contributed by atoms with E-state index in [0.29, 0.717) is 0 Å². The molecule has 0 fully saturated rings. The van der Waals surface area contributed by atoms with Gasteiger partial charge in [-0.25, -0.2) is 0 Å². The molecule has 0 amide bonds. The summed E-state index contributed by atoms with van der Waals surface area (Å²) in [6.45, 7) is 4.72. The molecular formula is C57H39NO. The molecule has 278 valence electrons. The molecule has 0 N–H and O–H groups in total. The zero-order valence-electron chi connectivity index (χ0n) is 32.9. The van der Waals surface area contributed by atoms with E-state index in [9.17, 15) is 0 Å².